The van der Waals surface area contributed by atoms with Crippen molar-refractivity contribution in [3.05, 3.63) is 53.2 Å². The van der Waals surface area contributed by atoms with E-state index in [9.17, 15) is 19.2 Å². The van der Waals surface area contributed by atoms with E-state index in [4.69, 9.17) is 0 Å². The van der Waals surface area contributed by atoms with Crippen LogP contribution in [0.4, 0.5) is 11.5 Å². The number of pyridine rings is 1. The predicted octanol–water partition coefficient (Wildman–Crippen LogP) is 2.63. The lowest BCUT2D eigenvalue weighted by Gasteiger charge is -2.45. The summed E-state index contributed by atoms with van der Waals surface area (Å²) in [6.45, 7) is 6.29. The van der Waals surface area contributed by atoms with Gasteiger partial charge >= 0.3 is 0 Å². The van der Waals surface area contributed by atoms with Crippen molar-refractivity contribution in [2.75, 3.05) is 43.4 Å². The highest BCUT2D eigenvalue weighted by molar-refractivity contribution is 6.06. The third kappa shape index (κ3) is 4.95. The number of hydrogen-bond acceptors (Lipinski definition) is 6. The molecule has 0 unspecified atom stereocenters. The van der Waals surface area contributed by atoms with Gasteiger partial charge in [-0.3, -0.25) is 19.2 Å². The summed E-state index contributed by atoms with van der Waals surface area (Å²) in [7, 11) is 0. The van der Waals surface area contributed by atoms with E-state index in [-0.39, 0.29) is 36.2 Å². The Balaban J connectivity index is 1.18. The summed E-state index contributed by atoms with van der Waals surface area (Å²) in [4.78, 5) is 60.7. The van der Waals surface area contributed by atoms with Gasteiger partial charge in [0.1, 0.15) is 12.4 Å². The first-order valence-corrected chi connectivity index (χ1v) is 15.2. The Kier molecular flexibility index (Phi) is 7.51. The number of carbonyl (C=O) groups is 4. The number of rotatable bonds is 6. The molecule has 3 aliphatic heterocycles. The molecule has 2 fully saturated rings. The first-order valence-electron chi connectivity index (χ1n) is 15.2. The minimum absolute atomic E-state index is 0.0208. The smallest absolute Gasteiger partial charge is 0.244 e. The number of aromatic nitrogens is 1. The first-order chi connectivity index (χ1) is 20.2. The van der Waals surface area contributed by atoms with E-state index in [1.807, 2.05) is 42.2 Å². The molecule has 0 saturated carbocycles. The molecule has 42 heavy (non-hydrogen) atoms. The van der Waals surface area contributed by atoms with Crippen LogP contribution in [0.2, 0.25) is 0 Å². The summed E-state index contributed by atoms with van der Waals surface area (Å²) in [5.74, 6) is 0.416. The van der Waals surface area contributed by atoms with Crippen molar-refractivity contribution < 1.29 is 19.2 Å². The number of fused-ring (bicyclic) bond motifs is 3. The standard InChI is InChI=1S/C32H40N6O4/c1-3-31(10-14-37(15-11-31)21(2)39)30(42)38(25-6-4-12-33-19-25)20-27(40)35-24-9-8-22-17-32(18-23(22)16-24)26-7-5-13-34-28(26)36-29(32)41/h5,7-9,13,16,25,33H,3-4,6,10-12,14-15,17-20H2,1-2H3,(H,35,40)(H,34,36,41)/t25-,32+/m0/s1. The minimum atomic E-state index is -0.668. The molecule has 6 rings (SSSR count). The van der Waals surface area contributed by atoms with Crippen LogP contribution in [0.3, 0.4) is 0 Å². The quantitative estimate of drug-likeness (QED) is 0.489. The van der Waals surface area contributed by atoms with Crippen LogP contribution in [-0.2, 0) is 37.4 Å². The molecule has 0 radical (unpaired) electrons. The Labute approximate surface area is 246 Å². The lowest BCUT2D eigenvalue weighted by atomic mass is 9.74. The Morgan fingerprint density at radius 3 is 2.64 bits per heavy atom. The molecule has 0 bridgehead atoms. The maximum atomic E-state index is 14.2. The van der Waals surface area contributed by atoms with E-state index < -0.39 is 10.8 Å². The van der Waals surface area contributed by atoms with Crippen molar-refractivity contribution in [3.8, 4) is 0 Å². The maximum Gasteiger partial charge on any atom is 0.244 e. The van der Waals surface area contributed by atoms with Crippen molar-refractivity contribution in [1.29, 1.82) is 0 Å². The van der Waals surface area contributed by atoms with Gasteiger partial charge in [0.25, 0.3) is 0 Å². The Morgan fingerprint density at radius 1 is 1.14 bits per heavy atom. The number of carbonyl (C=O) groups excluding carboxylic acids is 4. The summed E-state index contributed by atoms with van der Waals surface area (Å²) >= 11 is 0. The van der Waals surface area contributed by atoms with E-state index in [1.54, 1.807) is 18.0 Å². The lowest BCUT2D eigenvalue weighted by molar-refractivity contribution is -0.152. The molecule has 4 amide bonds. The zero-order chi connectivity index (χ0) is 29.5. The van der Waals surface area contributed by atoms with Crippen LogP contribution in [0.5, 0.6) is 0 Å². The Morgan fingerprint density at radius 2 is 1.93 bits per heavy atom. The summed E-state index contributed by atoms with van der Waals surface area (Å²) in [5, 5.41) is 9.37. The molecule has 1 aliphatic carbocycles. The zero-order valence-electron chi connectivity index (χ0n) is 24.5. The molecule has 1 aromatic heterocycles. The summed E-state index contributed by atoms with van der Waals surface area (Å²) in [6, 6.07) is 9.60. The second-order valence-electron chi connectivity index (χ2n) is 12.4. The average molecular weight is 573 g/mol. The van der Waals surface area contributed by atoms with Gasteiger partial charge in [-0.1, -0.05) is 19.1 Å². The van der Waals surface area contributed by atoms with Crippen molar-refractivity contribution >= 4 is 35.1 Å². The van der Waals surface area contributed by atoms with Gasteiger partial charge in [-0.15, -0.1) is 0 Å². The third-order valence-corrected chi connectivity index (χ3v) is 10.0. The number of hydrogen-bond donors (Lipinski definition) is 3. The van der Waals surface area contributed by atoms with Crippen LogP contribution in [-0.4, -0.2) is 77.2 Å². The molecular weight excluding hydrogens is 532 g/mol. The number of benzene rings is 1. The van der Waals surface area contributed by atoms with Crippen LogP contribution in [0.15, 0.2) is 36.5 Å². The van der Waals surface area contributed by atoms with Crippen molar-refractivity contribution in [3.63, 3.8) is 0 Å². The third-order valence-electron chi connectivity index (χ3n) is 10.0. The highest BCUT2D eigenvalue weighted by atomic mass is 16.2. The second kappa shape index (κ2) is 11.1. The fourth-order valence-electron chi connectivity index (χ4n) is 7.44. The maximum absolute atomic E-state index is 14.2. The first kappa shape index (κ1) is 28.3. The Bertz CT molecular complexity index is 1410. The molecule has 10 nitrogen and oxygen atoms in total. The predicted molar refractivity (Wildman–Crippen MR) is 159 cm³/mol. The molecule has 10 heteroatoms. The number of likely N-dealkylation sites (tertiary alicyclic amines) is 1. The van der Waals surface area contributed by atoms with E-state index in [2.05, 4.69) is 20.9 Å². The van der Waals surface area contributed by atoms with Gasteiger partial charge in [0.15, 0.2) is 0 Å². The van der Waals surface area contributed by atoms with Crippen molar-refractivity contribution in [1.82, 2.24) is 20.1 Å². The molecule has 3 N–H and O–H groups in total. The highest BCUT2D eigenvalue weighted by Crippen LogP contribution is 2.47. The summed E-state index contributed by atoms with van der Waals surface area (Å²) in [6.07, 6.45) is 6.52. The molecule has 4 heterocycles. The van der Waals surface area contributed by atoms with Crippen LogP contribution in [0.1, 0.15) is 62.6 Å². The van der Waals surface area contributed by atoms with Crippen LogP contribution in [0, 0.1) is 5.41 Å². The second-order valence-corrected chi connectivity index (χ2v) is 12.4. The minimum Gasteiger partial charge on any atom is -0.343 e. The van der Waals surface area contributed by atoms with Crippen LogP contribution >= 0.6 is 0 Å². The van der Waals surface area contributed by atoms with Gasteiger partial charge in [0.05, 0.1) is 10.8 Å². The van der Waals surface area contributed by atoms with Crippen molar-refractivity contribution in [2.24, 2.45) is 5.41 Å². The van der Waals surface area contributed by atoms with Crippen molar-refractivity contribution in [2.45, 2.75) is 70.3 Å². The van der Waals surface area contributed by atoms with Gasteiger partial charge in [-0.2, -0.15) is 0 Å². The van der Waals surface area contributed by atoms with E-state index in [1.165, 1.54) is 0 Å². The molecule has 222 valence electrons. The number of piperidine rings is 2. The summed E-state index contributed by atoms with van der Waals surface area (Å²) in [5.41, 5.74) is 2.47. The van der Waals surface area contributed by atoms with Crippen LogP contribution in [0.25, 0.3) is 0 Å². The molecule has 1 spiro atoms. The van der Waals surface area contributed by atoms with Gasteiger partial charge in [-0.05, 0) is 80.8 Å². The summed E-state index contributed by atoms with van der Waals surface area (Å²) < 4.78 is 0. The SMILES string of the molecule is CCC1(C(=O)N(CC(=O)Nc2ccc3c(c2)C[C@@]2(C3)C(=O)Nc3ncccc32)[C@H]2CCCNC2)CCN(C(C)=O)CC1. The number of anilines is 2. The molecule has 2 atom stereocenters. The van der Waals surface area contributed by atoms with Gasteiger partial charge < -0.3 is 25.8 Å². The van der Waals surface area contributed by atoms with Gasteiger partial charge in [0.2, 0.25) is 23.6 Å². The van der Waals surface area contributed by atoms with E-state index in [0.717, 1.165) is 36.1 Å². The molecule has 1 aromatic carbocycles. The normalized spacial score (nSPS) is 24.1. The Hall–Kier alpha value is -3.79. The molecule has 2 aromatic rings. The number of nitrogens with zero attached hydrogens (tertiary/aromatic N) is 3. The fourth-order valence-corrected chi connectivity index (χ4v) is 7.44. The zero-order valence-corrected chi connectivity index (χ0v) is 24.5. The molecular formula is C32H40N6O4. The van der Waals surface area contributed by atoms with E-state index in [0.29, 0.717) is 63.2 Å². The fraction of sp³-hybridized carbons (Fsp3) is 0.531. The molecule has 4 aliphatic rings. The lowest BCUT2D eigenvalue weighted by Crippen LogP contribution is -2.57. The van der Waals surface area contributed by atoms with E-state index >= 15 is 0 Å². The van der Waals surface area contributed by atoms with Gasteiger partial charge in [-0.25, -0.2) is 4.98 Å². The molecule has 2 saturated heterocycles. The van der Waals surface area contributed by atoms with Crippen LogP contribution < -0.4 is 16.0 Å². The number of nitrogens with one attached hydrogen (secondary N) is 3. The largest absolute Gasteiger partial charge is 0.343 e. The highest BCUT2D eigenvalue weighted by Gasteiger charge is 2.51. The topological polar surface area (TPSA) is 124 Å². The van der Waals surface area contributed by atoms with Gasteiger partial charge in [0, 0.05) is 50.0 Å². The number of amides is 4. The average Bonchev–Trinajstić information content (AvgIpc) is 3.52. The monoisotopic (exact) mass is 572 g/mol.